The van der Waals surface area contributed by atoms with Gasteiger partial charge in [-0.15, -0.1) is 0 Å². The van der Waals surface area contributed by atoms with Crippen molar-refractivity contribution in [2.75, 3.05) is 7.11 Å². The molecule has 0 aromatic heterocycles. The van der Waals surface area contributed by atoms with Gasteiger partial charge < -0.3 is 14.6 Å². The largest absolute Gasteiger partial charge is 0.469 e. The predicted octanol–water partition coefficient (Wildman–Crippen LogP) is 2.94. The first-order chi connectivity index (χ1) is 9.70. The molecule has 0 saturated carbocycles. The highest BCUT2D eigenvalue weighted by atomic mass is 19.3. The van der Waals surface area contributed by atoms with Crippen LogP contribution in [0.5, 0.6) is 5.75 Å². The Labute approximate surface area is 122 Å². The number of hydrogen-bond acceptors (Lipinski definition) is 4. The summed E-state index contributed by atoms with van der Waals surface area (Å²) in [5, 5.41) is 10.7. The molecule has 6 heteroatoms. The number of benzene rings is 1. The quantitative estimate of drug-likeness (QED) is 0.821. The predicted molar refractivity (Wildman–Crippen MR) is 73.0 cm³/mol. The molecule has 0 fully saturated rings. The summed E-state index contributed by atoms with van der Waals surface area (Å²) in [6, 6.07) is 5.56. The molecule has 0 spiro atoms. The van der Waals surface area contributed by atoms with E-state index in [1.807, 2.05) is 0 Å². The molecule has 0 saturated heterocycles. The average Bonchev–Trinajstić information content (AvgIpc) is 2.37. The van der Waals surface area contributed by atoms with Gasteiger partial charge in [-0.1, -0.05) is 26.0 Å². The van der Waals surface area contributed by atoms with Crippen molar-refractivity contribution in [1.29, 1.82) is 0 Å². The third kappa shape index (κ3) is 4.14. The Morgan fingerprint density at radius 2 is 1.76 bits per heavy atom. The molecule has 1 N–H and O–H groups in total. The first-order valence-electron chi connectivity index (χ1n) is 6.55. The molecule has 0 aliphatic rings. The third-order valence-corrected chi connectivity index (χ3v) is 3.39. The Hall–Kier alpha value is -1.69. The molecule has 0 radical (unpaired) electrons. The van der Waals surface area contributed by atoms with Crippen LogP contribution in [0.15, 0.2) is 24.3 Å². The van der Waals surface area contributed by atoms with E-state index in [2.05, 4.69) is 4.74 Å². The smallest absolute Gasteiger partial charge is 0.387 e. The van der Waals surface area contributed by atoms with E-state index in [0.717, 1.165) is 0 Å². The first-order valence-corrected chi connectivity index (χ1v) is 6.55. The Morgan fingerprint density at radius 1 is 1.24 bits per heavy atom. The van der Waals surface area contributed by atoms with E-state index in [-0.39, 0.29) is 11.7 Å². The van der Waals surface area contributed by atoms with E-state index in [0.29, 0.717) is 5.56 Å². The van der Waals surface area contributed by atoms with Crippen LogP contribution in [0.4, 0.5) is 8.78 Å². The van der Waals surface area contributed by atoms with Crippen molar-refractivity contribution in [2.45, 2.75) is 33.0 Å². The summed E-state index contributed by atoms with van der Waals surface area (Å²) in [4.78, 5) is 11.9. The minimum atomic E-state index is -2.91. The third-order valence-electron chi connectivity index (χ3n) is 3.39. The molecule has 4 nitrogen and oxygen atoms in total. The normalized spacial score (nSPS) is 15.7. The van der Waals surface area contributed by atoms with E-state index in [1.165, 1.54) is 38.3 Å². The van der Waals surface area contributed by atoms with Gasteiger partial charge in [0.15, 0.2) is 0 Å². The lowest BCUT2D eigenvalue weighted by molar-refractivity contribution is -0.159. The molecule has 0 amide bonds. The maximum absolute atomic E-state index is 12.1. The highest BCUT2D eigenvalue weighted by Gasteiger charge is 2.41. The summed E-state index contributed by atoms with van der Waals surface area (Å²) in [7, 11) is 1.26. The molecule has 1 rings (SSSR count). The number of aliphatic hydroxyl groups is 1. The van der Waals surface area contributed by atoms with Gasteiger partial charge in [-0.2, -0.15) is 8.78 Å². The summed E-state index contributed by atoms with van der Waals surface area (Å²) >= 11 is 0. The van der Waals surface area contributed by atoms with Crippen molar-refractivity contribution in [3.8, 4) is 5.75 Å². The zero-order chi connectivity index (χ0) is 16.2. The Bertz CT molecular complexity index is 469. The summed E-state index contributed by atoms with van der Waals surface area (Å²) in [6.07, 6.45) is 0. The zero-order valence-electron chi connectivity index (χ0n) is 12.5. The fourth-order valence-electron chi connectivity index (χ4n) is 2.43. The second kappa shape index (κ2) is 6.85. The second-order valence-electron chi connectivity index (χ2n) is 5.30. The second-order valence-corrected chi connectivity index (χ2v) is 5.30. The lowest BCUT2D eigenvalue weighted by atomic mass is 9.76. The minimum absolute atomic E-state index is 0.0104. The molecule has 0 aliphatic heterocycles. The van der Waals surface area contributed by atoms with Gasteiger partial charge in [-0.05, 0) is 30.5 Å². The lowest BCUT2D eigenvalue weighted by Crippen LogP contribution is -2.41. The van der Waals surface area contributed by atoms with Crippen LogP contribution < -0.4 is 4.74 Å². The maximum Gasteiger partial charge on any atom is 0.387 e. The molecule has 21 heavy (non-hydrogen) atoms. The highest BCUT2D eigenvalue weighted by molar-refractivity contribution is 5.74. The van der Waals surface area contributed by atoms with Crippen molar-refractivity contribution >= 4 is 5.97 Å². The van der Waals surface area contributed by atoms with Crippen molar-refractivity contribution in [3.05, 3.63) is 29.8 Å². The maximum atomic E-state index is 12.1. The van der Waals surface area contributed by atoms with E-state index in [4.69, 9.17) is 4.74 Å². The van der Waals surface area contributed by atoms with Gasteiger partial charge in [-0.3, -0.25) is 4.79 Å². The lowest BCUT2D eigenvalue weighted by Gasteiger charge is -2.34. The molecule has 0 heterocycles. The average molecular weight is 302 g/mol. The highest BCUT2D eigenvalue weighted by Crippen LogP contribution is 2.35. The van der Waals surface area contributed by atoms with Crippen molar-refractivity contribution in [2.24, 2.45) is 11.8 Å². The van der Waals surface area contributed by atoms with Gasteiger partial charge >= 0.3 is 12.6 Å². The van der Waals surface area contributed by atoms with Gasteiger partial charge in [0.1, 0.15) is 11.4 Å². The number of halogens is 2. The van der Waals surface area contributed by atoms with Crippen LogP contribution >= 0.6 is 0 Å². The molecular formula is C15H20F2O4. The van der Waals surface area contributed by atoms with Crippen molar-refractivity contribution < 1.29 is 28.2 Å². The number of esters is 1. The fourth-order valence-corrected chi connectivity index (χ4v) is 2.43. The summed E-state index contributed by atoms with van der Waals surface area (Å²) in [5.74, 6) is -1.47. The van der Waals surface area contributed by atoms with Gasteiger partial charge in [0, 0.05) is 0 Å². The van der Waals surface area contributed by atoms with E-state index in [9.17, 15) is 18.7 Å². The molecule has 0 aliphatic carbocycles. The molecule has 1 aromatic carbocycles. The van der Waals surface area contributed by atoms with Gasteiger partial charge in [0.05, 0.1) is 13.0 Å². The molecule has 1 aromatic rings. The first kappa shape index (κ1) is 17.4. The van der Waals surface area contributed by atoms with Crippen molar-refractivity contribution in [3.63, 3.8) is 0 Å². The van der Waals surface area contributed by atoms with Crippen LogP contribution in [0, 0.1) is 11.8 Å². The van der Waals surface area contributed by atoms with Crippen LogP contribution in [0.1, 0.15) is 26.3 Å². The molecule has 2 atom stereocenters. The molecule has 2 unspecified atom stereocenters. The summed E-state index contributed by atoms with van der Waals surface area (Å²) in [5.41, 5.74) is -1.06. The summed E-state index contributed by atoms with van der Waals surface area (Å²) in [6.45, 7) is 2.18. The van der Waals surface area contributed by atoms with Crippen LogP contribution in [-0.2, 0) is 15.1 Å². The number of hydrogen-bond donors (Lipinski definition) is 1. The zero-order valence-corrected chi connectivity index (χ0v) is 12.5. The SMILES string of the molecule is COC(=O)C(C(C)C)C(C)(O)c1ccc(OC(F)F)cc1. The number of carbonyl (C=O) groups excluding carboxylic acids is 1. The van der Waals surface area contributed by atoms with Crippen molar-refractivity contribution in [1.82, 2.24) is 0 Å². The van der Waals surface area contributed by atoms with E-state index < -0.39 is 24.1 Å². The van der Waals surface area contributed by atoms with Gasteiger partial charge in [0.2, 0.25) is 0 Å². The number of ether oxygens (including phenoxy) is 2. The molecule has 118 valence electrons. The number of alkyl halides is 2. The Balaban J connectivity index is 3.07. The van der Waals surface area contributed by atoms with Crippen LogP contribution in [0.25, 0.3) is 0 Å². The fraction of sp³-hybridized carbons (Fsp3) is 0.533. The van der Waals surface area contributed by atoms with Gasteiger partial charge in [-0.25, -0.2) is 0 Å². The van der Waals surface area contributed by atoms with E-state index >= 15 is 0 Å². The Kier molecular flexibility index (Phi) is 5.66. The topological polar surface area (TPSA) is 55.8 Å². The molecular weight excluding hydrogens is 282 g/mol. The standard InChI is InChI=1S/C15H20F2O4/c1-9(2)12(13(18)20-4)15(3,19)10-5-7-11(8-6-10)21-14(16)17/h5-9,12,14,19H,1-4H3. The number of carbonyl (C=O) groups is 1. The van der Waals surface area contributed by atoms with Crippen LogP contribution in [0.3, 0.4) is 0 Å². The molecule has 0 bridgehead atoms. The van der Waals surface area contributed by atoms with Gasteiger partial charge in [0.25, 0.3) is 0 Å². The minimum Gasteiger partial charge on any atom is -0.469 e. The van der Waals surface area contributed by atoms with Crippen LogP contribution in [0.2, 0.25) is 0 Å². The van der Waals surface area contributed by atoms with E-state index in [1.54, 1.807) is 13.8 Å². The summed E-state index contributed by atoms with van der Waals surface area (Å²) < 4.78 is 33.2. The number of rotatable bonds is 6. The Morgan fingerprint density at radius 3 is 2.14 bits per heavy atom. The monoisotopic (exact) mass is 302 g/mol. The number of methoxy groups -OCH3 is 1. The van der Waals surface area contributed by atoms with Crippen LogP contribution in [-0.4, -0.2) is 24.8 Å².